The van der Waals surface area contributed by atoms with E-state index in [4.69, 9.17) is 21.6 Å². The number of amides is 1. The molecule has 0 aliphatic rings. The molecule has 3 aromatic carbocycles. The smallest absolute Gasteiger partial charge is 0.251 e. The number of halogens is 1. The number of thiazole rings is 1. The van der Waals surface area contributed by atoms with E-state index in [0.29, 0.717) is 17.1 Å². The third-order valence-corrected chi connectivity index (χ3v) is 6.35. The summed E-state index contributed by atoms with van der Waals surface area (Å²) in [5, 5.41) is 6.22. The highest BCUT2D eigenvalue weighted by molar-refractivity contribution is 7.13. The highest BCUT2D eigenvalue weighted by Crippen LogP contribution is 2.32. The van der Waals surface area contributed by atoms with Gasteiger partial charge in [-0.05, 0) is 35.9 Å². The molecule has 0 saturated carbocycles. The van der Waals surface area contributed by atoms with Crippen molar-refractivity contribution in [1.82, 2.24) is 19.9 Å². The first-order chi connectivity index (χ1) is 15.6. The van der Waals surface area contributed by atoms with Crippen LogP contribution in [0.5, 0.6) is 0 Å². The summed E-state index contributed by atoms with van der Waals surface area (Å²) in [6.07, 6.45) is 0. The second kappa shape index (κ2) is 8.57. The fraction of sp³-hybridized carbons (Fsp3) is 0.0800. The minimum Gasteiger partial charge on any atom is -0.355 e. The fourth-order valence-corrected chi connectivity index (χ4v) is 4.58. The number of nitrogens with zero attached hydrogens (tertiary/aromatic N) is 3. The number of benzene rings is 3. The van der Waals surface area contributed by atoms with Crippen molar-refractivity contribution in [3.05, 3.63) is 94.3 Å². The number of aromatic nitrogens is 3. The SMILES string of the molecule is CNC(=O)c1ccc2c(c1)nc(-c1nc(-c3ccc(Cl)cc3)cs1)n2Cc1ccccc1. The van der Waals surface area contributed by atoms with Crippen molar-refractivity contribution in [2.75, 3.05) is 7.05 Å². The Bertz CT molecular complexity index is 1410. The quantitative estimate of drug-likeness (QED) is 0.357. The summed E-state index contributed by atoms with van der Waals surface area (Å²) in [5.74, 6) is 0.647. The molecule has 1 amide bonds. The standard InChI is InChI=1S/C25H19ClN4OS/c1-27-24(31)18-9-12-22-20(13-18)28-23(30(22)14-16-5-3-2-4-6-16)25-29-21(15-32-25)17-7-10-19(26)11-8-17/h2-13,15H,14H2,1H3,(H,27,31). The van der Waals surface area contributed by atoms with Crippen molar-refractivity contribution in [3.8, 4) is 22.1 Å². The molecule has 32 heavy (non-hydrogen) atoms. The van der Waals surface area contributed by atoms with Crippen LogP contribution in [0, 0.1) is 0 Å². The first-order valence-electron chi connectivity index (χ1n) is 10.1. The van der Waals surface area contributed by atoms with E-state index in [-0.39, 0.29) is 5.91 Å². The van der Waals surface area contributed by atoms with Gasteiger partial charge < -0.3 is 9.88 Å². The van der Waals surface area contributed by atoms with Gasteiger partial charge in [0.05, 0.1) is 16.7 Å². The lowest BCUT2D eigenvalue weighted by Crippen LogP contribution is -2.17. The van der Waals surface area contributed by atoms with E-state index in [9.17, 15) is 4.79 Å². The molecule has 7 heteroatoms. The second-order valence-electron chi connectivity index (χ2n) is 7.33. The Hall–Kier alpha value is -3.48. The molecule has 0 aliphatic carbocycles. The molecule has 5 aromatic rings. The molecular formula is C25H19ClN4OS. The molecule has 5 nitrogen and oxygen atoms in total. The minimum absolute atomic E-state index is 0.134. The number of carbonyl (C=O) groups excluding carboxylic acids is 1. The van der Waals surface area contributed by atoms with Gasteiger partial charge in [0, 0.05) is 35.1 Å². The zero-order chi connectivity index (χ0) is 22.1. The molecular weight excluding hydrogens is 440 g/mol. The molecule has 0 aliphatic heterocycles. The first-order valence-corrected chi connectivity index (χ1v) is 11.4. The van der Waals surface area contributed by atoms with Crippen LogP contribution < -0.4 is 5.32 Å². The van der Waals surface area contributed by atoms with E-state index >= 15 is 0 Å². The Labute approximate surface area is 194 Å². The van der Waals surface area contributed by atoms with Crippen LogP contribution in [0.2, 0.25) is 5.02 Å². The number of rotatable bonds is 5. The van der Waals surface area contributed by atoms with Crippen molar-refractivity contribution in [2.45, 2.75) is 6.54 Å². The molecule has 0 saturated heterocycles. The molecule has 0 spiro atoms. The Morgan fingerprint density at radius 3 is 2.56 bits per heavy atom. The fourth-order valence-electron chi connectivity index (χ4n) is 3.63. The molecule has 1 N–H and O–H groups in total. The average molecular weight is 459 g/mol. The molecule has 0 fully saturated rings. The second-order valence-corrected chi connectivity index (χ2v) is 8.63. The van der Waals surface area contributed by atoms with E-state index < -0.39 is 0 Å². The molecule has 2 aromatic heterocycles. The highest BCUT2D eigenvalue weighted by atomic mass is 35.5. The molecule has 0 atom stereocenters. The van der Waals surface area contributed by atoms with Crippen LogP contribution in [0.25, 0.3) is 33.1 Å². The highest BCUT2D eigenvalue weighted by Gasteiger charge is 2.18. The van der Waals surface area contributed by atoms with Gasteiger partial charge in [-0.25, -0.2) is 9.97 Å². The Morgan fingerprint density at radius 1 is 1.03 bits per heavy atom. The lowest BCUT2D eigenvalue weighted by molar-refractivity contribution is 0.0963. The third kappa shape index (κ3) is 3.90. The van der Waals surface area contributed by atoms with Gasteiger partial charge in [0.15, 0.2) is 10.8 Å². The van der Waals surface area contributed by atoms with Crippen molar-refractivity contribution in [1.29, 1.82) is 0 Å². The van der Waals surface area contributed by atoms with E-state index in [0.717, 1.165) is 38.7 Å². The van der Waals surface area contributed by atoms with Crippen LogP contribution in [0.1, 0.15) is 15.9 Å². The lowest BCUT2D eigenvalue weighted by Gasteiger charge is -2.08. The summed E-state index contributed by atoms with van der Waals surface area (Å²) in [7, 11) is 1.62. The van der Waals surface area contributed by atoms with Gasteiger partial charge >= 0.3 is 0 Å². The summed E-state index contributed by atoms with van der Waals surface area (Å²) in [5.41, 5.74) is 5.35. The first kappa shape index (κ1) is 20.4. The van der Waals surface area contributed by atoms with Crippen LogP contribution >= 0.6 is 22.9 Å². The molecule has 158 valence electrons. The number of hydrogen-bond acceptors (Lipinski definition) is 4. The molecule has 0 bridgehead atoms. The number of nitrogens with one attached hydrogen (secondary N) is 1. The number of carbonyl (C=O) groups is 1. The van der Waals surface area contributed by atoms with Crippen LogP contribution in [0.3, 0.4) is 0 Å². The summed E-state index contributed by atoms with van der Waals surface area (Å²) in [6.45, 7) is 0.655. The maximum Gasteiger partial charge on any atom is 0.251 e. The molecule has 2 heterocycles. The molecule has 0 radical (unpaired) electrons. The van der Waals surface area contributed by atoms with Gasteiger partial charge in [-0.1, -0.05) is 54.1 Å². The zero-order valence-electron chi connectivity index (χ0n) is 17.2. The Morgan fingerprint density at radius 2 is 1.81 bits per heavy atom. The van der Waals surface area contributed by atoms with E-state index in [1.54, 1.807) is 18.4 Å². The van der Waals surface area contributed by atoms with E-state index in [1.807, 2.05) is 66.0 Å². The van der Waals surface area contributed by atoms with Crippen molar-refractivity contribution < 1.29 is 4.79 Å². The predicted octanol–water partition coefficient (Wildman–Crippen LogP) is 5.89. The van der Waals surface area contributed by atoms with Crippen LogP contribution in [0.4, 0.5) is 0 Å². The zero-order valence-corrected chi connectivity index (χ0v) is 18.8. The topological polar surface area (TPSA) is 59.8 Å². The van der Waals surface area contributed by atoms with Crippen LogP contribution in [-0.2, 0) is 6.54 Å². The Kier molecular flexibility index (Phi) is 5.47. The molecule has 0 unspecified atom stereocenters. The number of fused-ring (bicyclic) bond motifs is 1. The van der Waals surface area contributed by atoms with E-state index in [2.05, 4.69) is 22.0 Å². The van der Waals surface area contributed by atoms with Crippen molar-refractivity contribution in [2.24, 2.45) is 0 Å². The lowest BCUT2D eigenvalue weighted by atomic mass is 10.2. The maximum atomic E-state index is 12.1. The number of imidazole rings is 1. The van der Waals surface area contributed by atoms with Gasteiger partial charge in [-0.15, -0.1) is 11.3 Å². The summed E-state index contributed by atoms with van der Waals surface area (Å²) in [4.78, 5) is 21.9. The van der Waals surface area contributed by atoms with Crippen molar-refractivity contribution >= 4 is 39.9 Å². The van der Waals surface area contributed by atoms with Gasteiger partial charge in [-0.3, -0.25) is 4.79 Å². The molecule has 5 rings (SSSR count). The van der Waals surface area contributed by atoms with Gasteiger partial charge in [0.2, 0.25) is 0 Å². The normalized spacial score (nSPS) is 11.1. The monoisotopic (exact) mass is 458 g/mol. The van der Waals surface area contributed by atoms with E-state index in [1.165, 1.54) is 0 Å². The predicted molar refractivity (Wildman–Crippen MR) is 130 cm³/mol. The average Bonchev–Trinajstić information content (AvgIpc) is 3.45. The summed E-state index contributed by atoms with van der Waals surface area (Å²) >= 11 is 7.58. The third-order valence-electron chi connectivity index (χ3n) is 5.26. The van der Waals surface area contributed by atoms with Gasteiger partial charge in [-0.2, -0.15) is 0 Å². The number of hydrogen-bond donors (Lipinski definition) is 1. The Balaban J connectivity index is 1.63. The largest absolute Gasteiger partial charge is 0.355 e. The van der Waals surface area contributed by atoms with Gasteiger partial charge in [0.1, 0.15) is 0 Å². The summed E-state index contributed by atoms with van der Waals surface area (Å²) in [6, 6.07) is 23.5. The van der Waals surface area contributed by atoms with Crippen LogP contribution in [-0.4, -0.2) is 27.5 Å². The van der Waals surface area contributed by atoms with Gasteiger partial charge in [0.25, 0.3) is 5.91 Å². The minimum atomic E-state index is -0.134. The maximum absolute atomic E-state index is 12.1. The van der Waals surface area contributed by atoms with Crippen LogP contribution in [0.15, 0.2) is 78.2 Å². The summed E-state index contributed by atoms with van der Waals surface area (Å²) < 4.78 is 2.16. The van der Waals surface area contributed by atoms with Crippen molar-refractivity contribution in [3.63, 3.8) is 0 Å².